The minimum atomic E-state index is -0.172. The maximum Gasteiger partial charge on any atom is 0.295 e. The Morgan fingerprint density at radius 3 is 2.31 bits per heavy atom. The average Bonchev–Trinajstić information content (AvgIpc) is 2.88. The lowest BCUT2D eigenvalue weighted by atomic mass is 10.0. The van der Waals surface area contributed by atoms with Crippen molar-refractivity contribution in [3.63, 3.8) is 0 Å². The number of rotatable bonds is 4. The first-order valence-corrected chi connectivity index (χ1v) is 9.72. The second-order valence-corrected chi connectivity index (χ2v) is 7.48. The summed E-state index contributed by atoms with van der Waals surface area (Å²) in [7, 11) is 1.84. The second-order valence-electron chi connectivity index (χ2n) is 7.07. The molecular weight excluding hydrogens is 382 g/mol. The van der Waals surface area contributed by atoms with Gasteiger partial charge in [-0.1, -0.05) is 35.9 Å². The van der Waals surface area contributed by atoms with Crippen LogP contribution >= 0.6 is 12.2 Å². The third kappa shape index (κ3) is 4.30. The molecule has 7 heteroatoms. The molecule has 1 aromatic heterocycles. The largest absolute Gasteiger partial charge is 0.325 e. The Kier molecular flexibility index (Phi) is 5.98. The minimum Gasteiger partial charge on any atom is -0.325 e. The molecule has 0 spiro atoms. The van der Waals surface area contributed by atoms with Crippen LogP contribution in [-0.4, -0.2) is 20.7 Å². The molecule has 6 nitrogen and oxygen atoms in total. The number of hydrazone groups is 1. The molecule has 0 radical (unpaired) electrons. The highest BCUT2D eigenvalue weighted by atomic mass is 32.1. The Balaban J connectivity index is 1.78. The first-order chi connectivity index (χ1) is 13.8. The molecule has 0 aliphatic heterocycles. The van der Waals surface area contributed by atoms with Crippen LogP contribution in [0.4, 0.5) is 5.69 Å². The van der Waals surface area contributed by atoms with Gasteiger partial charge in [-0.2, -0.15) is 5.10 Å². The number of para-hydroxylation sites is 1. The smallest absolute Gasteiger partial charge is 0.295 e. The van der Waals surface area contributed by atoms with Gasteiger partial charge in [-0.25, -0.2) is 4.68 Å². The molecule has 3 rings (SSSR count). The SMILES string of the molecule is Cc1cc(C)c(/C=N\NC(=S)Nc2c(C)n(C)n(-c3ccccc3)c2=O)c(C)c1. The van der Waals surface area contributed by atoms with Crippen molar-refractivity contribution >= 4 is 29.2 Å². The van der Waals surface area contributed by atoms with Crippen LogP contribution in [0.2, 0.25) is 0 Å². The van der Waals surface area contributed by atoms with Crippen LogP contribution in [0, 0.1) is 27.7 Å². The van der Waals surface area contributed by atoms with E-state index >= 15 is 0 Å². The Morgan fingerprint density at radius 2 is 1.69 bits per heavy atom. The standard InChI is InChI=1S/C22H25N5OS/c1-14-11-15(2)19(16(3)12-14)13-23-25-22(29)24-20-17(4)26(5)27(21(20)28)18-9-7-6-8-10-18/h6-13H,1-5H3,(H2,24,25,29)/b23-13-. The maximum atomic E-state index is 12.9. The van der Waals surface area contributed by atoms with Crippen molar-refractivity contribution in [3.8, 4) is 5.69 Å². The van der Waals surface area contributed by atoms with Gasteiger partial charge >= 0.3 is 0 Å². The van der Waals surface area contributed by atoms with Gasteiger partial charge in [-0.05, 0) is 63.2 Å². The van der Waals surface area contributed by atoms with Gasteiger partial charge < -0.3 is 5.32 Å². The monoisotopic (exact) mass is 407 g/mol. The normalized spacial score (nSPS) is 11.1. The number of anilines is 1. The van der Waals surface area contributed by atoms with Gasteiger partial charge in [0.2, 0.25) is 0 Å². The number of nitrogens with zero attached hydrogens (tertiary/aromatic N) is 3. The molecule has 0 fully saturated rings. The van der Waals surface area contributed by atoms with E-state index < -0.39 is 0 Å². The van der Waals surface area contributed by atoms with Crippen LogP contribution in [0.3, 0.4) is 0 Å². The first-order valence-electron chi connectivity index (χ1n) is 9.31. The molecular formula is C22H25N5OS. The number of aryl methyl sites for hydroxylation is 3. The van der Waals surface area contributed by atoms with E-state index in [2.05, 4.69) is 48.7 Å². The number of hydrogen-bond donors (Lipinski definition) is 2. The zero-order valence-electron chi connectivity index (χ0n) is 17.3. The summed E-state index contributed by atoms with van der Waals surface area (Å²) in [6.07, 6.45) is 1.75. The predicted octanol–water partition coefficient (Wildman–Crippen LogP) is 3.73. The zero-order valence-corrected chi connectivity index (χ0v) is 18.1. The van der Waals surface area contributed by atoms with Gasteiger partial charge in [0.05, 0.1) is 17.6 Å². The van der Waals surface area contributed by atoms with Crippen LogP contribution in [-0.2, 0) is 7.05 Å². The van der Waals surface area contributed by atoms with Gasteiger partial charge in [0, 0.05) is 12.6 Å². The number of aromatic nitrogens is 2. The quantitative estimate of drug-likeness (QED) is 0.393. The van der Waals surface area contributed by atoms with E-state index in [-0.39, 0.29) is 10.7 Å². The lowest BCUT2D eigenvalue weighted by molar-refractivity contribution is 0.630. The fourth-order valence-corrected chi connectivity index (χ4v) is 3.56. The number of thiocarbonyl (C=S) groups is 1. The van der Waals surface area contributed by atoms with Crippen LogP contribution in [0.15, 0.2) is 52.4 Å². The van der Waals surface area contributed by atoms with E-state index in [1.807, 2.05) is 44.3 Å². The topological polar surface area (TPSA) is 63.4 Å². The second kappa shape index (κ2) is 8.45. The Morgan fingerprint density at radius 1 is 1.07 bits per heavy atom. The van der Waals surface area contributed by atoms with Crippen molar-refractivity contribution in [3.05, 3.63) is 80.8 Å². The fraction of sp³-hybridized carbons (Fsp3) is 0.227. The third-order valence-electron chi connectivity index (χ3n) is 4.89. The Bertz CT molecular complexity index is 1120. The van der Waals surface area contributed by atoms with E-state index in [0.29, 0.717) is 5.69 Å². The van der Waals surface area contributed by atoms with Gasteiger partial charge in [-0.3, -0.25) is 14.9 Å². The molecule has 0 bridgehead atoms. The molecule has 0 saturated heterocycles. The highest BCUT2D eigenvalue weighted by Gasteiger charge is 2.16. The number of hydrogen-bond acceptors (Lipinski definition) is 3. The van der Waals surface area contributed by atoms with Crippen molar-refractivity contribution in [1.82, 2.24) is 14.8 Å². The lowest BCUT2D eigenvalue weighted by Crippen LogP contribution is -2.28. The summed E-state index contributed by atoms with van der Waals surface area (Å²) in [5.74, 6) is 0. The molecule has 3 aromatic rings. The molecule has 0 aliphatic rings. The zero-order chi connectivity index (χ0) is 21.1. The highest BCUT2D eigenvalue weighted by molar-refractivity contribution is 7.80. The molecule has 0 saturated carbocycles. The van der Waals surface area contributed by atoms with Gasteiger partial charge in [-0.15, -0.1) is 0 Å². The van der Waals surface area contributed by atoms with E-state index in [0.717, 1.165) is 28.1 Å². The van der Waals surface area contributed by atoms with Gasteiger partial charge in [0.1, 0.15) is 5.69 Å². The molecule has 29 heavy (non-hydrogen) atoms. The molecule has 0 aliphatic carbocycles. The summed E-state index contributed by atoms with van der Waals surface area (Å²) in [5.41, 5.74) is 9.19. The Labute approximate surface area is 175 Å². The molecule has 0 unspecified atom stereocenters. The van der Waals surface area contributed by atoms with Crippen molar-refractivity contribution in [1.29, 1.82) is 0 Å². The summed E-state index contributed by atoms with van der Waals surface area (Å²) in [6, 6.07) is 13.7. The lowest BCUT2D eigenvalue weighted by Gasteiger charge is -2.08. The first kappa shape index (κ1) is 20.5. The van der Waals surface area contributed by atoms with E-state index in [9.17, 15) is 4.79 Å². The summed E-state index contributed by atoms with van der Waals surface area (Å²) in [5, 5.41) is 7.49. The van der Waals surface area contributed by atoms with E-state index in [4.69, 9.17) is 12.2 Å². The maximum absolute atomic E-state index is 12.9. The van der Waals surface area contributed by atoms with Crippen LogP contribution in [0.5, 0.6) is 0 Å². The summed E-state index contributed by atoms with van der Waals surface area (Å²) >= 11 is 5.33. The molecule has 0 atom stereocenters. The highest BCUT2D eigenvalue weighted by Crippen LogP contribution is 2.15. The number of benzene rings is 2. The predicted molar refractivity (Wildman–Crippen MR) is 123 cm³/mol. The number of nitrogens with one attached hydrogen (secondary N) is 2. The van der Waals surface area contributed by atoms with Crippen molar-refractivity contribution in [2.24, 2.45) is 12.1 Å². The molecule has 150 valence electrons. The molecule has 0 amide bonds. The minimum absolute atomic E-state index is 0.172. The average molecular weight is 408 g/mol. The molecule has 2 aromatic carbocycles. The van der Waals surface area contributed by atoms with Crippen LogP contribution < -0.4 is 16.3 Å². The third-order valence-corrected chi connectivity index (χ3v) is 5.08. The molecule has 2 N–H and O–H groups in total. The summed E-state index contributed by atoms with van der Waals surface area (Å²) < 4.78 is 3.40. The van der Waals surface area contributed by atoms with Gasteiger partial charge in [0.15, 0.2) is 5.11 Å². The van der Waals surface area contributed by atoms with Crippen molar-refractivity contribution < 1.29 is 0 Å². The van der Waals surface area contributed by atoms with Gasteiger partial charge in [0.25, 0.3) is 5.56 Å². The van der Waals surface area contributed by atoms with E-state index in [1.54, 1.807) is 15.6 Å². The van der Waals surface area contributed by atoms with Crippen molar-refractivity contribution in [2.75, 3.05) is 5.32 Å². The summed E-state index contributed by atoms with van der Waals surface area (Å²) in [6.45, 7) is 8.05. The van der Waals surface area contributed by atoms with E-state index in [1.165, 1.54) is 5.56 Å². The van der Waals surface area contributed by atoms with Crippen molar-refractivity contribution in [2.45, 2.75) is 27.7 Å². The fourth-order valence-electron chi connectivity index (χ4n) is 3.40. The Hall–Kier alpha value is -3.19. The summed E-state index contributed by atoms with van der Waals surface area (Å²) in [4.78, 5) is 12.9. The van der Waals surface area contributed by atoms with Crippen LogP contribution in [0.1, 0.15) is 27.9 Å². The van der Waals surface area contributed by atoms with Crippen LogP contribution in [0.25, 0.3) is 5.69 Å². The molecule has 1 heterocycles.